The molecule has 6 nitrogen and oxygen atoms in total. The van der Waals surface area contributed by atoms with Gasteiger partial charge in [-0.1, -0.05) is 25.1 Å². The summed E-state index contributed by atoms with van der Waals surface area (Å²) in [5.74, 6) is -3.65. The number of carbonyl (C=O) groups is 2. The molecule has 1 heterocycles. The molecule has 0 amide bonds. The van der Waals surface area contributed by atoms with E-state index in [-0.39, 0.29) is 0 Å². The van der Waals surface area contributed by atoms with Gasteiger partial charge >= 0.3 is 11.9 Å². The van der Waals surface area contributed by atoms with E-state index in [1.54, 1.807) is 0 Å². The number of nitrogens with two attached hydrogens (primary N) is 1. The third-order valence-electron chi connectivity index (χ3n) is 3.20. The molecule has 1 aromatic carbocycles. The minimum absolute atomic E-state index is 0.712. The van der Waals surface area contributed by atoms with Crippen molar-refractivity contribution in [3.05, 3.63) is 35.0 Å². The van der Waals surface area contributed by atoms with E-state index in [9.17, 15) is 0 Å². The number of para-hydroxylation sites is 1. The third kappa shape index (κ3) is 4.06. The van der Waals surface area contributed by atoms with Crippen molar-refractivity contribution in [2.45, 2.75) is 26.7 Å². The molecule has 0 spiro atoms. The topological polar surface area (TPSA) is 116 Å². The van der Waals surface area contributed by atoms with Gasteiger partial charge < -0.3 is 20.9 Å². The van der Waals surface area contributed by atoms with Crippen LogP contribution in [0.5, 0.6) is 0 Å². The van der Waals surface area contributed by atoms with Crippen molar-refractivity contribution in [2.75, 3.05) is 6.54 Å². The molecule has 0 saturated carbocycles. The van der Waals surface area contributed by atoms with E-state index in [0.29, 0.717) is 6.54 Å². The SMILES string of the molecule is CCc1cccc2c(CCN)c(C)[nH]c12.O=C(O)C(=O)O. The Kier molecular flexibility index (Phi) is 5.92. The molecule has 0 aliphatic heterocycles. The van der Waals surface area contributed by atoms with Gasteiger partial charge in [0.15, 0.2) is 0 Å². The molecule has 0 radical (unpaired) electrons. The Labute approximate surface area is 122 Å². The molecule has 114 valence electrons. The van der Waals surface area contributed by atoms with Crippen LogP contribution in [-0.2, 0) is 22.4 Å². The first-order valence-corrected chi connectivity index (χ1v) is 6.67. The molecule has 0 fully saturated rings. The third-order valence-corrected chi connectivity index (χ3v) is 3.20. The lowest BCUT2D eigenvalue weighted by molar-refractivity contribution is -0.159. The molecule has 0 aliphatic rings. The maximum absolute atomic E-state index is 9.10. The van der Waals surface area contributed by atoms with Crippen LogP contribution in [0.1, 0.15) is 23.7 Å². The van der Waals surface area contributed by atoms with Gasteiger partial charge in [0.1, 0.15) is 0 Å². The number of nitrogens with one attached hydrogen (secondary N) is 1. The molecular formula is C15H20N2O4. The molecule has 0 aliphatic carbocycles. The van der Waals surface area contributed by atoms with Crippen molar-refractivity contribution >= 4 is 22.8 Å². The van der Waals surface area contributed by atoms with Gasteiger partial charge in [-0.3, -0.25) is 0 Å². The second-order valence-corrected chi connectivity index (χ2v) is 4.57. The number of carboxylic acid groups (broad SMARTS) is 2. The first-order valence-electron chi connectivity index (χ1n) is 6.67. The highest BCUT2D eigenvalue weighted by Crippen LogP contribution is 2.25. The van der Waals surface area contributed by atoms with E-state index in [4.69, 9.17) is 25.5 Å². The second kappa shape index (κ2) is 7.44. The van der Waals surface area contributed by atoms with Crippen molar-refractivity contribution in [1.82, 2.24) is 4.98 Å². The summed E-state index contributed by atoms with van der Waals surface area (Å²) in [6.45, 7) is 5.03. The van der Waals surface area contributed by atoms with Crippen molar-refractivity contribution in [2.24, 2.45) is 5.73 Å². The van der Waals surface area contributed by atoms with Crippen LogP contribution in [0.3, 0.4) is 0 Å². The molecule has 2 aromatic rings. The number of rotatable bonds is 3. The highest BCUT2D eigenvalue weighted by Gasteiger charge is 2.09. The summed E-state index contributed by atoms with van der Waals surface area (Å²) in [6, 6.07) is 6.50. The molecule has 1 aromatic heterocycles. The van der Waals surface area contributed by atoms with Gasteiger partial charge in [0, 0.05) is 16.6 Å². The molecule has 0 unspecified atom stereocenters. The average Bonchev–Trinajstić information content (AvgIpc) is 2.76. The summed E-state index contributed by atoms with van der Waals surface area (Å²) < 4.78 is 0. The number of benzene rings is 1. The molecule has 0 atom stereocenters. The summed E-state index contributed by atoms with van der Waals surface area (Å²) in [5, 5.41) is 16.1. The molecule has 0 saturated heterocycles. The largest absolute Gasteiger partial charge is 0.473 e. The van der Waals surface area contributed by atoms with E-state index in [1.807, 2.05) is 0 Å². The normalized spacial score (nSPS) is 10.0. The Morgan fingerprint density at radius 3 is 2.33 bits per heavy atom. The molecule has 6 heteroatoms. The van der Waals surface area contributed by atoms with Crippen LogP contribution in [0.2, 0.25) is 0 Å². The van der Waals surface area contributed by atoms with Gasteiger partial charge in [-0.25, -0.2) is 9.59 Å². The maximum Gasteiger partial charge on any atom is 0.414 e. The summed E-state index contributed by atoms with van der Waals surface area (Å²) >= 11 is 0. The van der Waals surface area contributed by atoms with Gasteiger partial charge in [0.05, 0.1) is 0 Å². The van der Waals surface area contributed by atoms with Crippen molar-refractivity contribution in [3.63, 3.8) is 0 Å². The van der Waals surface area contributed by atoms with Crippen LogP contribution >= 0.6 is 0 Å². The Bertz CT molecular complexity index is 634. The predicted molar refractivity (Wildman–Crippen MR) is 80.4 cm³/mol. The van der Waals surface area contributed by atoms with E-state index in [2.05, 4.69) is 37.0 Å². The number of H-pyrrole nitrogens is 1. The lowest BCUT2D eigenvalue weighted by atomic mass is 10.0. The Morgan fingerprint density at radius 2 is 1.86 bits per heavy atom. The number of fused-ring (bicyclic) bond motifs is 1. The standard InChI is InChI=1S/C13H18N2.C2H2O4/c1-3-10-5-4-6-12-11(7-8-14)9(2)15-13(10)12;3-1(4)2(5)6/h4-6,15H,3,7-8,14H2,1-2H3;(H,3,4)(H,5,6). The number of aromatic amines is 1. The first-order chi connectivity index (χ1) is 9.92. The highest BCUT2D eigenvalue weighted by molar-refractivity contribution is 6.27. The van der Waals surface area contributed by atoms with E-state index in [1.165, 1.54) is 27.7 Å². The monoisotopic (exact) mass is 292 g/mol. The number of aliphatic carboxylic acids is 2. The Hall–Kier alpha value is -2.34. The second-order valence-electron chi connectivity index (χ2n) is 4.57. The molecule has 5 N–H and O–H groups in total. The van der Waals surface area contributed by atoms with Gasteiger partial charge in [0.25, 0.3) is 0 Å². The fraction of sp³-hybridized carbons (Fsp3) is 0.333. The van der Waals surface area contributed by atoms with E-state index in [0.717, 1.165) is 12.8 Å². The van der Waals surface area contributed by atoms with Crippen LogP contribution in [0.15, 0.2) is 18.2 Å². The molecular weight excluding hydrogens is 272 g/mol. The van der Waals surface area contributed by atoms with E-state index < -0.39 is 11.9 Å². The average molecular weight is 292 g/mol. The van der Waals surface area contributed by atoms with Gasteiger partial charge in [0.2, 0.25) is 0 Å². The number of hydrogen-bond acceptors (Lipinski definition) is 3. The molecule has 0 bridgehead atoms. The van der Waals surface area contributed by atoms with Crippen LogP contribution in [0.4, 0.5) is 0 Å². The van der Waals surface area contributed by atoms with Gasteiger partial charge in [-0.2, -0.15) is 0 Å². The van der Waals surface area contributed by atoms with Crippen LogP contribution < -0.4 is 5.73 Å². The quantitative estimate of drug-likeness (QED) is 0.642. The minimum atomic E-state index is -1.82. The fourth-order valence-electron chi connectivity index (χ4n) is 2.23. The lowest BCUT2D eigenvalue weighted by Crippen LogP contribution is -2.09. The first kappa shape index (κ1) is 16.7. The van der Waals surface area contributed by atoms with Crippen molar-refractivity contribution in [1.29, 1.82) is 0 Å². The maximum atomic E-state index is 9.10. The van der Waals surface area contributed by atoms with Crippen LogP contribution in [0.25, 0.3) is 10.9 Å². The summed E-state index contributed by atoms with van der Waals surface area (Å²) in [6.07, 6.45) is 2.03. The number of aryl methyl sites for hydroxylation is 2. The smallest absolute Gasteiger partial charge is 0.414 e. The van der Waals surface area contributed by atoms with Crippen molar-refractivity contribution < 1.29 is 19.8 Å². The lowest BCUT2D eigenvalue weighted by Gasteiger charge is -2.00. The van der Waals surface area contributed by atoms with Crippen molar-refractivity contribution in [3.8, 4) is 0 Å². The fourth-order valence-corrected chi connectivity index (χ4v) is 2.23. The molecule has 21 heavy (non-hydrogen) atoms. The zero-order valence-electron chi connectivity index (χ0n) is 12.1. The Morgan fingerprint density at radius 1 is 1.24 bits per heavy atom. The Balaban J connectivity index is 0.000000315. The summed E-state index contributed by atoms with van der Waals surface area (Å²) in [7, 11) is 0. The molecule has 2 rings (SSSR count). The van der Waals surface area contributed by atoms with E-state index >= 15 is 0 Å². The highest BCUT2D eigenvalue weighted by atomic mass is 16.4. The number of carboxylic acids is 2. The minimum Gasteiger partial charge on any atom is -0.473 e. The number of aromatic nitrogens is 1. The van der Waals surface area contributed by atoms with Gasteiger partial charge in [-0.05, 0) is 37.4 Å². The van der Waals surface area contributed by atoms with Crippen LogP contribution in [-0.4, -0.2) is 33.7 Å². The van der Waals surface area contributed by atoms with Gasteiger partial charge in [-0.15, -0.1) is 0 Å². The number of hydrogen-bond donors (Lipinski definition) is 4. The zero-order valence-corrected chi connectivity index (χ0v) is 12.1. The zero-order chi connectivity index (χ0) is 16.0. The summed E-state index contributed by atoms with van der Waals surface area (Å²) in [4.78, 5) is 21.7. The predicted octanol–water partition coefficient (Wildman–Crippen LogP) is 1.70. The summed E-state index contributed by atoms with van der Waals surface area (Å²) in [5.41, 5.74) is 11.0. The van der Waals surface area contributed by atoms with Crippen LogP contribution in [0, 0.1) is 6.92 Å².